The van der Waals surface area contributed by atoms with Gasteiger partial charge in [0.2, 0.25) is 6.41 Å². The molecular formula is C8H10N2O. The average molecular weight is 150 g/mol. The van der Waals surface area contributed by atoms with Crippen LogP contribution in [-0.4, -0.2) is 11.4 Å². The molecule has 11 heavy (non-hydrogen) atoms. The van der Waals surface area contributed by atoms with Gasteiger partial charge in [-0.2, -0.15) is 0 Å². The molecule has 0 aliphatic heterocycles. The molecule has 3 heteroatoms. The van der Waals surface area contributed by atoms with Crippen LogP contribution in [-0.2, 0) is 4.79 Å². The number of pyridine rings is 1. The topological polar surface area (TPSA) is 42.0 Å². The molecule has 1 amide bonds. The molecule has 0 fully saturated rings. The Balaban J connectivity index is 2.68. The first kappa shape index (κ1) is 7.72. The number of carbonyl (C=O) groups is 1. The summed E-state index contributed by atoms with van der Waals surface area (Å²) in [6, 6.07) is 5.61. The Bertz CT molecular complexity index is 223. The van der Waals surface area contributed by atoms with Crippen LogP contribution in [0, 0.1) is 0 Å². The molecule has 1 aromatic rings. The molecular weight excluding hydrogens is 140 g/mol. The van der Waals surface area contributed by atoms with Gasteiger partial charge in [0.15, 0.2) is 0 Å². The van der Waals surface area contributed by atoms with Crippen LogP contribution in [0.15, 0.2) is 24.4 Å². The maximum atomic E-state index is 10.0. The lowest BCUT2D eigenvalue weighted by Gasteiger charge is -2.07. The standard InChI is InChI=1S/C8H10N2O/c1-7(10-6-11)8-4-2-3-5-9-8/h2-7H,1H3,(H,10,11)/t7-/m1/s1. The van der Waals surface area contributed by atoms with Gasteiger partial charge in [-0.05, 0) is 19.1 Å². The van der Waals surface area contributed by atoms with E-state index >= 15 is 0 Å². The van der Waals surface area contributed by atoms with Crippen LogP contribution in [0.25, 0.3) is 0 Å². The Morgan fingerprint density at radius 3 is 3.00 bits per heavy atom. The Morgan fingerprint density at radius 2 is 2.45 bits per heavy atom. The van der Waals surface area contributed by atoms with Crippen molar-refractivity contribution in [2.45, 2.75) is 13.0 Å². The number of hydrogen-bond donors (Lipinski definition) is 1. The summed E-state index contributed by atoms with van der Waals surface area (Å²) in [6.07, 6.45) is 2.39. The molecule has 0 aliphatic carbocycles. The van der Waals surface area contributed by atoms with Gasteiger partial charge in [-0.15, -0.1) is 0 Å². The lowest BCUT2D eigenvalue weighted by Crippen LogP contribution is -2.16. The van der Waals surface area contributed by atoms with E-state index in [2.05, 4.69) is 10.3 Å². The van der Waals surface area contributed by atoms with Gasteiger partial charge in [-0.1, -0.05) is 6.07 Å². The van der Waals surface area contributed by atoms with Gasteiger partial charge in [0.05, 0.1) is 11.7 Å². The zero-order valence-corrected chi connectivity index (χ0v) is 6.32. The fourth-order valence-corrected chi connectivity index (χ4v) is 0.820. The summed E-state index contributed by atoms with van der Waals surface area (Å²) >= 11 is 0. The van der Waals surface area contributed by atoms with Gasteiger partial charge >= 0.3 is 0 Å². The summed E-state index contributed by atoms with van der Waals surface area (Å²) < 4.78 is 0. The molecule has 0 saturated heterocycles. The highest BCUT2D eigenvalue weighted by molar-refractivity contribution is 5.47. The number of nitrogens with zero attached hydrogens (tertiary/aromatic N) is 1. The van der Waals surface area contributed by atoms with Crippen molar-refractivity contribution in [3.05, 3.63) is 30.1 Å². The highest BCUT2D eigenvalue weighted by atomic mass is 16.1. The van der Waals surface area contributed by atoms with E-state index < -0.39 is 0 Å². The molecule has 1 rings (SSSR count). The summed E-state index contributed by atoms with van der Waals surface area (Å²) in [7, 11) is 0. The number of amides is 1. The fourth-order valence-electron chi connectivity index (χ4n) is 0.820. The molecule has 0 bridgehead atoms. The van der Waals surface area contributed by atoms with Gasteiger partial charge in [0, 0.05) is 6.20 Å². The number of hydrogen-bond acceptors (Lipinski definition) is 2. The monoisotopic (exact) mass is 150 g/mol. The van der Waals surface area contributed by atoms with Crippen molar-refractivity contribution in [1.29, 1.82) is 0 Å². The maximum Gasteiger partial charge on any atom is 0.207 e. The summed E-state index contributed by atoms with van der Waals surface area (Å²) in [5.74, 6) is 0. The van der Waals surface area contributed by atoms with Gasteiger partial charge < -0.3 is 5.32 Å². The highest BCUT2D eigenvalue weighted by Gasteiger charge is 2.01. The van der Waals surface area contributed by atoms with E-state index in [0.29, 0.717) is 6.41 Å². The van der Waals surface area contributed by atoms with Crippen LogP contribution < -0.4 is 5.32 Å². The lowest BCUT2D eigenvalue weighted by molar-refractivity contribution is -0.110. The first-order valence-electron chi connectivity index (χ1n) is 3.45. The highest BCUT2D eigenvalue weighted by Crippen LogP contribution is 2.05. The second-order valence-electron chi connectivity index (χ2n) is 2.26. The third-order valence-electron chi connectivity index (χ3n) is 1.45. The van der Waals surface area contributed by atoms with Crippen molar-refractivity contribution in [1.82, 2.24) is 10.3 Å². The smallest absolute Gasteiger partial charge is 0.207 e. The van der Waals surface area contributed by atoms with Gasteiger partial charge in [-0.25, -0.2) is 0 Å². The van der Waals surface area contributed by atoms with E-state index in [0.717, 1.165) is 5.69 Å². The normalized spacial score (nSPS) is 12.1. The Labute approximate surface area is 65.5 Å². The number of nitrogens with one attached hydrogen (secondary N) is 1. The molecule has 3 nitrogen and oxygen atoms in total. The molecule has 1 N–H and O–H groups in total. The molecule has 1 atom stereocenters. The second kappa shape index (κ2) is 3.71. The van der Waals surface area contributed by atoms with E-state index in [4.69, 9.17) is 0 Å². The number of aromatic nitrogens is 1. The molecule has 0 saturated carbocycles. The second-order valence-corrected chi connectivity index (χ2v) is 2.26. The summed E-state index contributed by atoms with van der Waals surface area (Å²) in [5, 5.41) is 2.62. The van der Waals surface area contributed by atoms with Crippen LogP contribution in [0.1, 0.15) is 18.7 Å². The minimum absolute atomic E-state index is 0.00583. The first-order chi connectivity index (χ1) is 5.34. The Hall–Kier alpha value is -1.38. The predicted molar refractivity (Wildman–Crippen MR) is 41.9 cm³/mol. The summed E-state index contributed by atoms with van der Waals surface area (Å²) in [6.45, 7) is 1.89. The summed E-state index contributed by atoms with van der Waals surface area (Å²) in [5.41, 5.74) is 0.875. The SMILES string of the molecule is C[C@@H](NC=O)c1ccccn1. The first-order valence-corrected chi connectivity index (χ1v) is 3.45. The Morgan fingerprint density at radius 1 is 1.64 bits per heavy atom. The van der Waals surface area contributed by atoms with Crippen LogP contribution in [0.2, 0.25) is 0 Å². The molecule has 0 unspecified atom stereocenters. The molecule has 0 radical (unpaired) electrons. The van der Waals surface area contributed by atoms with Crippen molar-refractivity contribution in [2.24, 2.45) is 0 Å². The van der Waals surface area contributed by atoms with Crippen molar-refractivity contribution in [3.8, 4) is 0 Å². The van der Waals surface area contributed by atoms with Crippen molar-refractivity contribution in [2.75, 3.05) is 0 Å². The zero-order chi connectivity index (χ0) is 8.10. The minimum atomic E-state index is -0.00583. The molecule has 0 aromatic carbocycles. The van der Waals surface area contributed by atoms with E-state index in [-0.39, 0.29) is 6.04 Å². The van der Waals surface area contributed by atoms with Crippen molar-refractivity contribution in [3.63, 3.8) is 0 Å². The molecule has 0 spiro atoms. The predicted octanol–water partition coefficient (Wildman–Crippen LogP) is 0.889. The fraction of sp³-hybridized carbons (Fsp3) is 0.250. The van der Waals surface area contributed by atoms with Crippen LogP contribution in [0.4, 0.5) is 0 Å². The number of rotatable bonds is 3. The molecule has 1 aromatic heterocycles. The van der Waals surface area contributed by atoms with Gasteiger partial charge in [0.25, 0.3) is 0 Å². The maximum absolute atomic E-state index is 10.0. The van der Waals surface area contributed by atoms with Crippen molar-refractivity contribution >= 4 is 6.41 Å². The Kier molecular flexibility index (Phi) is 2.60. The lowest BCUT2D eigenvalue weighted by atomic mass is 10.2. The average Bonchev–Trinajstić information content (AvgIpc) is 2.07. The zero-order valence-electron chi connectivity index (χ0n) is 6.32. The van der Waals surface area contributed by atoms with Crippen LogP contribution >= 0.6 is 0 Å². The van der Waals surface area contributed by atoms with E-state index in [1.165, 1.54) is 0 Å². The summed E-state index contributed by atoms with van der Waals surface area (Å²) in [4.78, 5) is 14.1. The van der Waals surface area contributed by atoms with Crippen LogP contribution in [0.3, 0.4) is 0 Å². The van der Waals surface area contributed by atoms with E-state index in [9.17, 15) is 4.79 Å². The van der Waals surface area contributed by atoms with E-state index in [1.54, 1.807) is 6.20 Å². The van der Waals surface area contributed by atoms with Gasteiger partial charge in [-0.3, -0.25) is 9.78 Å². The molecule has 1 heterocycles. The van der Waals surface area contributed by atoms with Crippen molar-refractivity contribution < 1.29 is 4.79 Å². The van der Waals surface area contributed by atoms with E-state index in [1.807, 2.05) is 25.1 Å². The largest absolute Gasteiger partial charge is 0.351 e. The molecule has 0 aliphatic rings. The minimum Gasteiger partial charge on any atom is -0.351 e. The quantitative estimate of drug-likeness (QED) is 0.650. The molecule has 58 valence electrons. The third-order valence-corrected chi connectivity index (χ3v) is 1.45. The number of carbonyl (C=O) groups excluding carboxylic acids is 1. The van der Waals surface area contributed by atoms with Crippen LogP contribution in [0.5, 0.6) is 0 Å². The third kappa shape index (κ3) is 2.04. The van der Waals surface area contributed by atoms with Gasteiger partial charge in [0.1, 0.15) is 0 Å².